The molecule has 3 aromatic rings. The van der Waals surface area contributed by atoms with Gasteiger partial charge in [-0.2, -0.15) is 0 Å². The van der Waals surface area contributed by atoms with Crippen molar-refractivity contribution in [3.8, 4) is 0 Å². The van der Waals surface area contributed by atoms with Gasteiger partial charge < -0.3 is 9.88 Å². The number of halogens is 2. The zero-order valence-electron chi connectivity index (χ0n) is 13.5. The van der Waals surface area contributed by atoms with Crippen molar-refractivity contribution in [1.29, 1.82) is 0 Å². The number of hydrogen-bond acceptors (Lipinski definition) is 2. The van der Waals surface area contributed by atoms with E-state index in [0.717, 1.165) is 15.6 Å². The third-order valence-corrected chi connectivity index (χ3v) is 4.75. The highest BCUT2D eigenvalue weighted by atomic mass is 79.9. The Labute approximate surface area is 158 Å². The maximum Gasteiger partial charge on any atom is 0.240 e. The second-order valence-electron chi connectivity index (χ2n) is 5.81. The van der Waals surface area contributed by atoms with E-state index in [4.69, 9.17) is 11.6 Å². The molecule has 0 saturated carbocycles. The summed E-state index contributed by atoms with van der Waals surface area (Å²) >= 11 is 9.26. The number of nitrogens with one attached hydrogen (secondary N) is 1. The quantitative estimate of drug-likeness (QED) is 0.686. The van der Waals surface area contributed by atoms with E-state index in [9.17, 15) is 9.59 Å². The summed E-state index contributed by atoms with van der Waals surface area (Å²) in [4.78, 5) is 24.4. The largest absolute Gasteiger partial charge is 0.348 e. The highest BCUT2D eigenvalue weighted by Crippen LogP contribution is 2.18. The Hall–Kier alpha value is -2.11. The Morgan fingerprint density at radius 3 is 2.64 bits per heavy atom. The minimum Gasteiger partial charge on any atom is -0.348 e. The lowest BCUT2D eigenvalue weighted by Gasteiger charge is -2.16. The number of nitrogens with zero attached hydrogens (tertiary/aromatic N) is 1. The van der Waals surface area contributed by atoms with E-state index in [1.54, 1.807) is 29.0 Å². The fourth-order valence-corrected chi connectivity index (χ4v) is 3.19. The number of carbonyl (C=O) groups is 1. The number of amides is 1. The monoisotopic (exact) mass is 418 g/mol. The number of benzene rings is 2. The van der Waals surface area contributed by atoms with Crippen LogP contribution >= 0.6 is 27.5 Å². The van der Waals surface area contributed by atoms with Crippen molar-refractivity contribution in [3.05, 3.63) is 80.0 Å². The maximum atomic E-state index is 12.4. The highest BCUT2D eigenvalue weighted by Gasteiger charge is 2.11. The summed E-state index contributed by atoms with van der Waals surface area (Å²) in [5, 5.41) is 4.20. The van der Waals surface area contributed by atoms with E-state index in [0.29, 0.717) is 10.4 Å². The van der Waals surface area contributed by atoms with E-state index < -0.39 is 0 Å². The van der Waals surface area contributed by atoms with Gasteiger partial charge in [0.25, 0.3) is 0 Å². The molecule has 1 atom stereocenters. The molecule has 1 aromatic heterocycles. The molecule has 25 heavy (non-hydrogen) atoms. The normalized spacial score (nSPS) is 12.1. The fraction of sp³-hybridized carbons (Fsp3) is 0.158. The fourth-order valence-electron chi connectivity index (χ4n) is 2.70. The zero-order chi connectivity index (χ0) is 18.0. The molecule has 2 aromatic carbocycles. The Kier molecular flexibility index (Phi) is 5.25. The molecule has 0 bridgehead atoms. The summed E-state index contributed by atoms with van der Waals surface area (Å²) in [5.74, 6) is -0.129. The van der Waals surface area contributed by atoms with Crippen LogP contribution in [0.1, 0.15) is 18.5 Å². The second kappa shape index (κ2) is 7.42. The van der Waals surface area contributed by atoms with Crippen molar-refractivity contribution < 1.29 is 4.79 Å². The smallest absolute Gasteiger partial charge is 0.240 e. The van der Waals surface area contributed by atoms with Gasteiger partial charge >= 0.3 is 0 Å². The topological polar surface area (TPSA) is 51.1 Å². The molecule has 0 aliphatic rings. The van der Waals surface area contributed by atoms with Gasteiger partial charge in [-0.15, -0.1) is 0 Å². The third kappa shape index (κ3) is 4.11. The molecule has 0 radical (unpaired) electrons. The molecule has 4 nitrogen and oxygen atoms in total. The molecule has 1 N–H and O–H groups in total. The van der Waals surface area contributed by atoms with Crippen LogP contribution in [-0.2, 0) is 11.3 Å². The summed E-state index contributed by atoms with van der Waals surface area (Å²) in [7, 11) is 0. The summed E-state index contributed by atoms with van der Waals surface area (Å²) in [6.45, 7) is 2.05. The van der Waals surface area contributed by atoms with Gasteiger partial charge in [0, 0.05) is 27.1 Å². The van der Waals surface area contributed by atoms with Crippen LogP contribution in [0.5, 0.6) is 0 Å². The minimum absolute atomic E-state index is 0.0671. The Morgan fingerprint density at radius 1 is 1.20 bits per heavy atom. The number of rotatable bonds is 4. The molecule has 6 heteroatoms. The molecule has 0 saturated heterocycles. The lowest BCUT2D eigenvalue weighted by Crippen LogP contribution is -2.30. The molecular formula is C19H16BrClN2O2. The van der Waals surface area contributed by atoms with Crippen molar-refractivity contribution in [1.82, 2.24) is 9.88 Å². The van der Waals surface area contributed by atoms with Gasteiger partial charge in [0.1, 0.15) is 6.54 Å². The van der Waals surface area contributed by atoms with Gasteiger partial charge in [-0.1, -0.05) is 39.7 Å². The van der Waals surface area contributed by atoms with Crippen LogP contribution in [0.25, 0.3) is 10.9 Å². The molecule has 0 aliphatic carbocycles. The molecule has 1 amide bonds. The van der Waals surface area contributed by atoms with Crippen LogP contribution in [0.4, 0.5) is 0 Å². The van der Waals surface area contributed by atoms with Crippen LogP contribution in [0.15, 0.2) is 64.0 Å². The summed E-state index contributed by atoms with van der Waals surface area (Å²) < 4.78 is 2.60. The van der Waals surface area contributed by atoms with Gasteiger partial charge in [0.05, 0.1) is 11.6 Å². The molecule has 0 spiro atoms. The highest BCUT2D eigenvalue weighted by molar-refractivity contribution is 9.10. The lowest BCUT2D eigenvalue weighted by molar-refractivity contribution is -0.122. The summed E-state index contributed by atoms with van der Waals surface area (Å²) in [5.41, 5.74) is 1.64. The summed E-state index contributed by atoms with van der Waals surface area (Å²) in [6.07, 6.45) is 1.64. The third-order valence-electron chi connectivity index (χ3n) is 4.00. The van der Waals surface area contributed by atoms with E-state index >= 15 is 0 Å². The maximum absolute atomic E-state index is 12.4. The van der Waals surface area contributed by atoms with Crippen LogP contribution in [-0.4, -0.2) is 10.5 Å². The Balaban J connectivity index is 1.79. The van der Waals surface area contributed by atoms with Crippen molar-refractivity contribution >= 4 is 44.3 Å². The van der Waals surface area contributed by atoms with Crippen molar-refractivity contribution in [2.24, 2.45) is 0 Å². The number of pyridine rings is 1. The van der Waals surface area contributed by atoms with E-state index in [-0.39, 0.29) is 23.9 Å². The van der Waals surface area contributed by atoms with Crippen LogP contribution in [0, 0.1) is 0 Å². The first-order chi connectivity index (χ1) is 11.9. The van der Waals surface area contributed by atoms with Crippen LogP contribution < -0.4 is 10.7 Å². The average molecular weight is 420 g/mol. The number of aromatic nitrogens is 1. The molecule has 0 fully saturated rings. The molecule has 1 heterocycles. The van der Waals surface area contributed by atoms with Gasteiger partial charge in [-0.05, 0) is 42.8 Å². The van der Waals surface area contributed by atoms with Gasteiger partial charge in [0.2, 0.25) is 5.91 Å². The molecule has 0 unspecified atom stereocenters. The SMILES string of the molecule is C[C@H](NC(=O)Cn1ccc(=O)c2cc(Br)ccc21)c1ccc(Cl)cc1. The molecule has 3 rings (SSSR count). The number of hydrogen-bond donors (Lipinski definition) is 1. The van der Waals surface area contributed by atoms with Crippen molar-refractivity contribution in [3.63, 3.8) is 0 Å². The van der Waals surface area contributed by atoms with Crippen molar-refractivity contribution in [2.75, 3.05) is 0 Å². The van der Waals surface area contributed by atoms with Crippen LogP contribution in [0.3, 0.4) is 0 Å². The first kappa shape index (κ1) is 17.7. The van der Waals surface area contributed by atoms with E-state index in [1.807, 2.05) is 31.2 Å². The second-order valence-corrected chi connectivity index (χ2v) is 7.16. The van der Waals surface area contributed by atoms with E-state index in [2.05, 4.69) is 21.2 Å². The molecular weight excluding hydrogens is 404 g/mol. The Morgan fingerprint density at radius 2 is 1.92 bits per heavy atom. The van der Waals surface area contributed by atoms with Crippen LogP contribution in [0.2, 0.25) is 5.02 Å². The zero-order valence-corrected chi connectivity index (χ0v) is 15.8. The van der Waals surface area contributed by atoms with Crippen molar-refractivity contribution in [2.45, 2.75) is 19.5 Å². The summed E-state index contributed by atoms with van der Waals surface area (Å²) in [6, 6.07) is 14.2. The predicted octanol–water partition coefficient (Wildman–Crippen LogP) is 4.29. The standard InChI is InChI=1S/C19H16BrClN2O2/c1-12(13-2-5-15(21)6-3-13)22-19(25)11-23-9-8-18(24)16-10-14(20)4-7-17(16)23/h2-10,12H,11H2,1H3,(H,22,25)/t12-/m0/s1. The molecule has 0 aliphatic heterocycles. The first-order valence-corrected chi connectivity index (χ1v) is 8.94. The molecule has 128 valence electrons. The number of fused-ring (bicyclic) bond motifs is 1. The predicted molar refractivity (Wildman–Crippen MR) is 104 cm³/mol. The lowest BCUT2D eigenvalue weighted by atomic mass is 10.1. The Bertz CT molecular complexity index is 983. The van der Waals surface area contributed by atoms with Gasteiger partial charge in [0.15, 0.2) is 5.43 Å². The number of carbonyl (C=O) groups excluding carboxylic acids is 1. The average Bonchev–Trinajstić information content (AvgIpc) is 2.58. The van der Waals surface area contributed by atoms with E-state index in [1.165, 1.54) is 6.07 Å². The van der Waals surface area contributed by atoms with Gasteiger partial charge in [-0.3, -0.25) is 9.59 Å². The van der Waals surface area contributed by atoms with Gasteiger partial charge in [-0.25, -0.2) is 0 Å². The first-order valence-electron chi connectivity index (χ1n) is 7.77. The minimum atomic E-state index is -0.135.